The van der Waals surface area contributed by atoms with E-state index in [0.29, 0.717) is 0 Å². The van der Waals surface area contributed by atoms with E-state index < -0.39 is 23.3 Å². The summed E-state index contributed by atoms with van der Waals surface area (Å²) in [5, 5.41) is -0.295. The summed E-state index contributed by atoms with van der Waals surface area (Å²) in [6.07, 6.45) is 1.20. The fourth-order valence-electron chi connectivity index (χ4n) is 1.15. The molecule has 74 valence electrons. The van der Waals surface area contributed by atoms with E-state index in [9.17, 15) is 17.6 Å². The van der Waals surface area contributed by atoms with Crippen LogP contribution < -0.4 is 0 Å². The maximum atomic E-state index is 12.9. The van der Waals surface area contributed by atoms with E-state index in [-0.39, 0.29) is 28.3 Å². The molecule has 0 atom stereocenters. The van der Waals surface area contributed by atoms with Crippen LogP contribution >= 0.6 is 0 Å². The van der Waals surface area contributed by atoms with Crippen molar-refractivity contribution in [1.29, 1.82) is 0 Å². The number of aromatic amines is 1. The topological polar surface area (TPSA) is 15.8 Å². The molecule has 0 amide bonds. The predicted octanol–water partition coefficient (Wildman–Crippen LogP) is 1.54. The lowest BCUT2D eigenvalue weighted by Gasteiger charge is -1.98. The van der Waals surface area contributed by atoms with Crippen LogP contribution in [0.3, 0.4) is 0 Å². The van der Waals surface area contributed by atoms with Gasteiger partial charge in [0.25, 0.3) is 0 Å². The second kappa shape index (κ2) is 3.64. The Morgan fingerprint density at radius 3 is 2.07 bits per heavy atom. The Balaban J connectivity index is 0.000000980. The number of nitrogens with one attached hydrogen (secondary N) is 1. The van der Waals surface area contributed by atoms with Gasteiger partial charge in [0, 0.05) is 11.6 Å². The number of hydrogen-bond donors (Lipinski definition) is 1. The first kappa shape index (κ1) is 11.1. The van der Waals surface area contributed by atoms with E-state index in [1.165, 1.54) is 6.20 Å². The predicted molar refractivity (Wildman–Crippen MR) is 48.1 cm³/mol. The van der Waals surface area contributed by atoms with Crippen LogP contribution in [0.1, 0.15) is 0 Å². The maximum Gasteiger partial charge on any atom is 0.199 e. The van der Waals surface area contributed by atoms with Gasteiger partial charge in [-0.25, -0.2) is 17.6 Å². The van der Waals surface area contributed by atoms with Crippen LogP contribution in [0.15, 0.2) is 12.3 Å². The van der Waals surface area contributed by atoms with Gasteiger partial charge < -0.3 is 4.98 Å². The van der Waals surface area contributed by atoms with Crippen molar-refractivity contribution >= 4 is 28.3 Å². The summed E-state index contributed by atoms with van der Waals surface area (Å²) < 4.78 is 50.9. The molecule has 1 heterocycles. The molecule has 1 aromatic heterocycles. The zero-order chi connectivity index (χ0) is 9.59. The Kier molecular flexibility index (Phi) is 2.88. The second-order valence-corrected chi connectivity index (χ2v) is 2.52. The summed E-state index contributed by atoms with van der Waals surface area (Å²) >= 11 is 0. The van der Waals surface area contributed by atoms with Crippen molar-refractivity contribution < 1.29 is 17.6 Å². The smallest absolute Gasteiger partial charge is 0.199 e. The van der Waals surface area contributed by atoms with Gasteiger partial charge in [0.05, 0.1) is 5.52 Å². The number of halogens is 4. The van der Waals surface area contributed by atoms with Crippen molar-refractivity contribution in [1.82, 2.24) is 4.98 Å². The first-order chi connectivity index (χ1) is 6.13. The van der Waals surface area contributed by atoms with Crippen LogP contribution in [0.2, 0.25) is 0 Å². The molecule has 0 aliphatic rings. The minimum Gasteiger partial charge on any atom is -0.359 e. The third-order valence-electron chi connectivity index (χ3n) is 1.78. The van der Waals surface area contributed by atoms with Crippen molar-refractivity contribution in [2.24, 2.45) is 0 Å². The number of H-pyrrole nitrogens is 1. The summed E-state index contributed by atoms with van der Waals surface area (Å²) in [5.41, 5.74) is -0.364. The summed E-state index contributed by atoms with van der Waals surface area (Å²) in [7, 11) is 0. The lowest BCUT2D eigenvalue weighted by atomic mass is 10.2. The molecule has 0 bridgehead atoms. The molecular weight excluding hydrogens is 213 g/mol. The van der Waals surface area contributed by atoms with Crippen LogP contribution in [0.5, 0.6) is 0 Å². The fraction of sp³-hybridized carbons (Fsp3) is 0. The molecule has 2 aromatic rings. The monoisotopic (exact) mass is 219 g/mol. The SMILES string of the molecule is Fc1c(F)c(F)c2[nH]ccc2c1F.[AlH3]. The highest BCUT2D eigenvalue weighted by molar-refractivity contribution is 5.80. The van der Waals surface area contributed by atoms with E-state index >= 15 is 0 Å². The van der Waals surface area contributed by atoms with E-state index in [0.717, 1.165) is 6.07 Å². The number of aromatic nitrogens is 1. The molecule has 0 aliphatic heterocycles. The maximum absolute atomic E-state index is 12.9. The van der Waals surface area contributed by atoms with Crippen LogP contribution in [-0.4, -0.2) is 22.3 Å². The molecule has 0 saturated carbocycles. The number of benzene rings is 1. The minimum atomic E-state index is -1.80. The van der Waals surface area contributed by atoms with Gasteiger partial charge in [0.2, 0.25) is 0 Å². The summed E-state index contributed by atoms with van der Waals surface area (Å²) in [6, 6.07) is 1.14. The van der Waals surface area contributed by atoms with Crippen LogP contribution in [0.4, 0.5) is 17.6 Å². The quantitative estimate of drug-likeness (QED) is 0.299. The van der Waals surface area contributed by atoms with Crippen molar-refractivity contribution in [3.05, 3.63) is 35.5 Å². The molecule has 0 fully saturated rings. The highest BCUT2D eigenvalue weighted by atomic mass is 27.0. The van der Waals surface area contributed by atoms with Crippen LogP contribution in [0, 0.1) is 23.3 Å². The Hall–Kier alpha value is -0.988. The third kappa shape index (κ3) is 1.31. The molecule has 0 unspecified atom stereocenters. The molecule has 1 aromatic carbocycles. The lowest BCUT2D eigenvalue weighted by molar-refractivity contribution is 0.417. The molecule has 6 heteroatoms. The molecule has 1 N–H and O–H groups in total. The van der Waals surface area contributed by atoms with Gasteiger partial charge >= 0.3 is 0 Å². The van der Waals surface area contributed by atoms with E-state index in [2.05, 4.69) is 4.98 Å². The van der Waals surface area contributed by atoms with Crippen LogP contribution in [0.25, 0.3) is 10.9 Å². The zero-order valence-electron chi connectivity index (χ0n) is 6.17. The van der Waals surface area contributed by atoms with Crippen molar-refractivity contribution in [3.63, 3.8) is 0 Å². The highest BCUT2D eigenvalue weighted by Crippen LogP contribution is 2.25. The van der Waals surface area contributed by atoms with Gasteiger partial charge in [-0.15, -0.1) is 0 Å². The van der Waals surface area contributed by atoms with Gasteiger partial charge in [0.15, 0.2) is 40.6 Å². The van der Waals surface area contributed by atoms with E-state index in [1.807, 2.05) is 0 Å². The number of hydrogen-bond acceptors (Lipinski definition) is 0. The average Bonchev–Trinajstić information content (AvgIpc) is 2.59. The largest absolute Gasteiger partial charge is 0.359 e. The second-order valence-electron chi connectivity index (χ2n) is 2.52. The van der Waals surface area contributed by atoms with E-state index in [4.69, 9.17) is 0 Å². The summed E-state index contributed by atoms with van der Waals surface area (Å²) in [4.78, 5) is 2.28. The van der Waals surface area contributed by atoms with Gasteiger partial charge in [-0.1, -0.05) is 0 Å². The normalized spacial score (nSPS) is 10.3. The molecule has 1 nitrogen and oxygen atoms in total. The fourth-order valence-corrected chi connectivity index (χ4v) is 1.15. The minimum absolute atomic E-state index is 0. The first-order valence-electron chi connectivity index (χ1n) is 3.42. The van der Waals surface area contributed by atoms with Crippen molar-refractivity contribution in [3.8, 4) is 0 Å². The number of rotatable bonds is 0. The van der Waals surface area contributed by atoms with Crippen molar-refractivity contribution in [2.75, 3.05) is 0 Å². The molecule has 0 saturated heterocycles. The molecule has 0 aliphatic carbocycles. The molecule has 0 spiro atoms. The van der Waals surface area contributed by atoms with Gasteiger partial charge in [-0.05, 0) is 6.07 Å². The molecule has 0 radical (unpaired) electrons. The van der Waals surface area contributed by atoms with Gasteiger partial charge in [0.1, 0.15) is 0 Å². The molecule has 14 heavy (non-hydrogen) atoms. The Labute approximate surface area is 86.9 Å². The summed E-state index contributed by atoms with van der Waals surface area (Å²) in [5.74, 6) is -6.37. The Morgan fingerprint density at radius 1 is 0.857 bits per heavy atom. The first-order valence-corrected chi connectivity index (χ1v) is 3.42. The Bertz CT molecular complexity index is 438. The lowest BCUT2D eigenvalue weighted by Crippen LogP contribution is -1.96. The Morgan fingerprint density at radius 2 is 1.43 bits per heavy atom. The third-order valence-corrected chi connectivity index (χ3v) is 1.78. The summed E-state index contributed by atoms with van der Waals surface area (Å²) in [6.45, 7) is 0. The van der Waals surface area contributed by atoms with E-state index in [1.54, 1.807) is 0 Å². The van der Waals surface area contributed by atoms with Crippen molar-refractivity contribution in [2.45, 2.75) is 0 Å². The number of fused-ring (bicyclic) bond motifs is 1. The standard InChI is InChI=1S/C8H3F4N.Al.3H/c9-4-3-1-2-13-8(3)7(12)6(11)5(4)10;;;;/h1-2,13H;;;;. The molecular formula is C8H6AlF4N. The highest BCUT2D eigenvalue weighted by Gasteiger charge is 2.20. The molecule has 2 rings (SSSR count). The van der Waals surface area contributed by atoms with Gasteiger partial charge in [-0.2, -0.15) is 0 Å². The van der Waals surface area contributed by atoms with Crippen LogP contribution in [-0.2, 0) is 0 Å². The average molecular weight is 219 g/mol. The zero-order valence-corrected chi connectivity index (χ0v) is 6.17. The van der Waals surface area contributed by atoms with Gasteiger partial charge in [-0.3, -0.25) is 0 Å².